The number of primary amides is 1. The molecule has 0 aromatic heterocycles. The fraction of sp³-hybridized carbons (Fsp3) is 0.500. The highest BCUT2D eigenvalue weighted by molar-refractivity contribution is 5.75. The maximum absolute atomic E-state index is 10.8. The molecule has 1 rings (SSSR count). The van der Waals surface area contributed by atoms with Crippen molar-refractivity contribution in [3.05, 3.63) is 28.8 Å². The molecule has 0 aliphatic heterocycles. The van der Waals surface area contributed by atoms with Crippen molar-refractivity contribution in [3.63, 3.8) is 0 Å². The van der Waals surface area contributed by atoms with Crippen molar-refractivity contribution in [2.45, 2.75) is 20.3 Å². The van der Waals surface area contributed by atoms with E-state index in [0.29, 0.717) is 0 Å². The first-order chi connectivity index (χ1) is 8.43. The van der Waals surface area contributed by atoms with Gasteiger partial charge in [0.25, 0.3) is 0 Å². The Morgan fingerprint density at radius 2 is 2.06 bits per heavy atom. The molecule has 0 bridgehead atoms. The number of rotatable bonds is 6. The first-order valence-corrected chi connectivity index (χ1v) is 6.05. The number of amides is 1. The van der Waals surface area contributed by atoms with E-state index in [-0.39, 0.29) is 12.5 Å². The Balaban J connectivity index is 2.75. The summed E-state index contributed by atoms with van der Waals surface area (Å²) in [7, 11) is 3.57. The summed E-state index contributed by atoms with van der Waals surface area (Å²) in [5, 5.41) is 0. The minimum atomic E-state index is -0.301. The third kappa shape index (κ3) is 4.04. The third-order valence-corrected chi connectivity index (χ3v) is 2.97. The fourth-order valence-corrected chi connectivity index (χ4v) is 2.11. The molecule has 1 aromatic carbocycles. The van der Waals surface area contributed by atoms with Gasteiger partial charge < -0.3 is 10.5 Å². The second-order valence-electron chi connectivity index (χ2n) is 4.72. The van der Waals surface area contributed by atoms with E-state index >= 15 is 0 Å². The van der Waals surface area contributed by atoms with Crippen molar-refractivity contribution in [1.29, 1.82) is 0 Å². The van der Waals surface area contributed by atoms with E-state index in [9.17, 15) is 4.79 Å². The van der Waals surface area contributed by atoms with E-state index in [4.69, 9.17) is 10.5 Å². The van der Waals surface area contributed by atoms with Crippen LogP contribution in [0.5, 0.6) is 5.75 Å². The van der Waals surface area contributed by atoms with Gasteiger partial charge in [-0.05, 0) is 50.1 Å². The molecule has 18 heavy (non-hydrogen) atoms. The molecule has 0 heterocycles. The average molecular weight is 250 g/mol. The van der Waals surface area contributed by atoms with Gasteiger partial charge in [0.2, 0.25) is 5.91 Å². The number of likely N-dealkylation sites (N-methyl/N-ethyl adjacent to an activating group) is 1. The molecule has 0 atom stereocenters. The lowest BCUT2D eigenvalue weighted by Gasteiger charge is -2.17. The molecule has 0 fully saturated rings. The Morgan fingerprint density at radius 1 is 1.39 bits per heavy atom. The van der Waals surface area contributed by atoms with E-state index in [2.05, 4.69) is 19.9 Å². The monoisotopic (exact) mass is 250 g/mol. The zero-order chi connectivity index (χ0) is 13.7. The average Bonchev–Trinajstić information content (AvgIpc) is 2.25. The SMILES string of the molecule is COc1cc(C)cc(C)c1CCN(C)CC(N)=O. The summed E-state index contributed by atoms with van der Waals surface area (Å²) in [6.45, 7) is 5.20. The highest BCUT2D eigenvalue weighted by Crippen LogP contribution is 2.24. The normalized spacial score (nSPS) is 10.7. The van der Waals surface area contributed by atoms with E-state index in [1.807, 2.05) is 18.0 Å². The number of benzene rings is 1. The zero-order valence-electron chi connectivity index (χ0n) is 11.6. The van der Waals surface area contributed by atoms with Crippen LogP contribution in [0.25, 0.3) is 0 Å². The molecule has 0 unspecified atom stereocenters. The second-order valence-corrected chi connectivity index (χ2v) is 4.72. The minimum absolute atomic E-state index is 0.285. The number of methoxy groups -OCH3 is 1. The Kier molecular flexibility index (Phi) is 5.16. The van der Waals surface area contributed by atoms with Crippen LogP contribution in [-0.4, -0.2) is 38.1 Å². The van der Waals surface area contributed by atoms with Gasteiger partial charge in [-0.15, -0.1) is 0 Å². The number of hydrogen-bond acceptors (Lipinski definition) is 3. The second kappa shape index (κ2) is 6.40. The molecule has 0 saturated carbocycles. The third-order valence-electron chi connectivity index (χ3n) is 2.97. The Hall–Kier alpha value is -1.55. The van der Waals surface area contributed by atoms with Crippen LogP contribution in [0.1, 0.15) is 16.7 Å². The summed E-state index contributed by atoms with van der Waals surface area (Å²) < 4.78 is 5.41. The van der Waals surface area contributed by atoms with Gasteiger partial charge in [-0.25, -0.2) is 0 Å². The van der Waals surface area contributed by atoms with Crippen molar-refractivity contribution in [2.24, 2.45) is 5.73 Å². The van der Waals surface area contributed by atoms with E-state index in [0.717, 1.165) is 18.7 Å². The van der Waals surface area contributed by atoms with Gasteiger partial charge in [-0.2, -0.15) is 0 Å². The predicted octanol–water partition coefficient (Wildman–Crippen LogP) is 1.27. The lowest BCUT2D eigenvalue weighted by molar-refractivity contribution is -0.118. The summed E-state index contributed by atoms with van der Waals surface area (Å²) >= 11 is 0. The van der Waals surface area contributed by atoms with Gasteiger partial charge >= 0.3 is 0 Å². The molecule has 1 amide bonds. The molecule has 4 nitrogen and oxygen atoms in total. The predicted molar refractivity (Wildman–Crippen MR) is 72.9 cm³/mol. The zero-order valence-corrected chi connectivity index (χ0v) is 11.6. The van der Waals surface area contributed by atoms with Crippen LogP contribution >= 0.6 is 0 Å². The van der Waals surface area contributed by atoms with Crippen LogP contribution in [0.4, 0.5) is 0 Å². The van der Waals surface area contributed by atoms with Crippen LogP contribution in [0.15, 0.2) is 12.1 Å². The van der Waals surface area contributed by atoms with Gasteiger partial charge in [0, 0.05) is 6.54 Å². The van der Waals surface area contributed by atoms with Crippen molar-refractivity contribution < 1.29 is 9.53 Å². The number of carbonyl (C=O) groups is 1. The highest BCUT2D eigenvalue weighted by Gasteiger charge is 2.09. The molecule has 1 aromatic rings. The van der Waals surface area contributed by atoms with Crippen LogP contribution in [0.2, 0.25) is 0 Å². The van der Waals surface area contributed by atoms with Crippen molar-refractivity contribution >= 4 is 5.91 Å². The molecule has 0 spiro atoms. The Bertz CT molecular complexity index is 430. The van der Waals surface area contributed by atoms with Crippen LogP contribution in [0.3, 0.4) is 0 Å². The molecular formula is C14H22N2O2. The van der Waals surface area contributed by atoms with Gasteiger partial charge in [0.1, 0.15) is 5.75 Å². The summed E-state index contributed by atoms with van der Waals surface area (Å²) in [5.41, 5.74) is 8.77. The van der Waals surface area contributed by atoms with E-state index in [1.165, 1.54) is 16.7 Å². The summed E-state index contributed by atoms with van der Waals surface area (Å²) in [6.07, 6.45) is 0.846. The van der Waals surface area contributed by atoms with Crippen molar-refractivity contribution in [3.8, 4) is 5.75 Å². The first-order valence-electron chi connectivity index (χ1n) is 6.05. The number of nitrogens with two attached hydrogens (primary N) is 1. The number of hydrogen-bond donors (Lipinski definition) is 1. The molecular weight excluding hydrogens is 228 g/mol. The standard InChI is InChI=1S/C14H22N2O2/c1-10-7-11(2)12(13(8-10)18-4)5-6-16(3)9-14(15)17/h7-8H,5-6,9H2,1-4H3,(H2,15,17). The molecule has 100 valence electrons. The van der Waals surface area contributed by atoms with Crippen LogP contribution in [0, 0.1) is 13.8 Å². The smallest absolute Gasteiger partial charge is 0.231 e. The number of ether oxygens (including phenoxy) is 1. The molecule has 0 saturated heterocycles. The lowest BCUT2D eigenvalue weighted by Crippen LogP contribution is -2.32. The molecule has 0 aliphatic rings. The molecule has 2 N–H and O–H groups in total. The van der Waals surface area contributed by atoms with Gasteiger partial charge in [0.05, 0.1) is 13.7 Å². The fourth-order valence-electron chi connectivity index (χ4n) is 2.11. The summed E-state index contributed by atoms with van der Waals surface area (Å²) in [5.74, 6) is 0.616. The Labute approximate surface area is 109 Å². The minimum Gasteiger partial charge on any atom is -0.496 e. The number of nitrogens with zero attached hydrogens (tertiary/aromatic N) is 1. The van der Waals surface area contributed by atoms with Crippen molar-refractivity contribution in [2.75, 3.05) is 27.2 Å². The van der Waals surface area contributed by atoms with Crippen LogP contribution in [-0.2, 0) is 11.2 Å². The topological polar surface area (TPSA) is 55.6 Å². The van der Waals surface area contributed by atoms with Gasteiger partial charge in [-0.3, -0.25) is 9.69 Å². The van der Waals surface area contributed by atoms with Gasteiger partial charge in [-0.1, -0.05) is 6.07 Å². The molecule has 4 heteroatoms. The Morgan fingerprint density at radius 3 is 2.61 bits per heavy atom. The van der Waals surface area contributed by atoms with E-state index in [1.54, 1.807) is 7.11 Å². The van der Waals surface area contributed by atoms with Crippen molar-refractivity contribution in [1.82, 2.24) is 4.90 Å². The van der Waals surface area contributed by atoms with E-state index < -0.39 is 0 Å². The first kappa shape index (κ1) is 14.5. The number of aryl methyl sites for hydroxylation is 2. The lowest BCUT2D eigenvalue weighted by atomic mass is 10.0. The quantitative estimate of drug-likeness (QED) is 0.827. The van der Waals surface area contributed by atoms with Crippen LogP contribution < -0.4 is 10.5 Å². The molecule has 0 aliphatic carbocycles. The largest absolute Gasteiger partial charge is 0.496 e. The number of carbonyl (C=O) groups excluding carboxylic acids is 1. The molecule has 0 radical (unpaired) electrons. The maximum Gasteiger partial charge on any atom is 0.231 e. The maximum atomic E-state index is 10.8. The van der Waals surface area contributed by atoms with Gasteiger partial charge in [0.15, 0.2) is 0 Å². The summed E-state index contributed by atoms with van der Waals surface area (Å²) in [4.78, 5) is 12.7. The summed E-state index contributed by atoms with van der Waals surface area (Å²) in [6, 6.07) is 4.18. The highest BCUT2D eigenvalue weighted by atomic mass is 16.5.